The molecule has 0 aliphatic carbocycles. The number of benzene rings is 1. The molecule has 0 amide bonds. The first-order chi connectivity index (χ1) is 9.83. The highest BCUT2D eigenvalue weighted by Crippen LogP contribution is 2.25. The molecule has 2 aromatic rings. The number of hydrogen-bond acceptors (Lipinski definition) is 5. The predicted octanol–water partition coefficient (Wildman–Crippen LogP) is 2.27. The van der Waals surface area contributed by atoms with Crippen molar-refractivity contribution in [1.82, 2.24) is 4.98 Å². The van der Waals surface area contributed by atoms with Gasteiger partial charge in [-0.1, -0.05) is 11.6 Å². The van der Waals surface area contributed by atoms with Crippen molar-refractivity contribution in [2.75, 3.05) is 17.6 Å². The van der Waals surface area contributed by atoms with Crippen molar-refractivity contribution in [1.29, 1.82) is 0 Å². The van der Waals surface area contributed by atoms with Gasteiger partial charge >= 0.3 is 0 Å². The summed E-state index contributed by atoms with van der Waals surface area (Å²) in [5.41, 5.74) is 5.56. The molecule has 3 N–H and O–H groups in total. The first-order valence-electron chi connectivity index (χ1n) is 5.61. The topological polar surface area (TPSA) is 94.3 Å². The molecule has 9 heteroatoms. The number of ether oxygens (including phenoxy) is 1. The van der Waals surface area contributed by atoms with Gasteiger partial charge in [-0.15, -0.1) is 0 Å². The van der Waals surface area contributed by atoms with Crippen molar-refractivity contribution in [3.8, 4) is 5.75 Å². The molecule has 1 heterocycles. The average Bonchev–Trinajstić information content (AvgIpc) is 2.43. The molecule has 112 valence electrons. The third kappa shape index (κ3) is 3.34. The van der Waals surface area contributed by atoms with E-state index in [-0.39, 0.29) is 27.2 Å². The fourth-order valence-corrected chi connectivity index (χ4v) is 2.77. The number of nitrogens with two attached hydrogens (primary N) is 1. The highest BCUT2D eigenvalue weighted by atomic mass is 35.5. The monoisotopic (exact) mass is 331 g/mol. The molecule has 0 radical (unpaired) electrons. The molecule has 21 heavy (non-hydrogen) atoms. The van der Waals surface area contributed by atoms with Crippen LogP contribution in [0.5, 0.6) is 5.75 Å². The second kappa shape index (κ2) is 5.74. The maximum Gasteiger partial charge on any atom is 0.263 e. The Labute approximate surface area is 125 Å². The molecule has 0 unspecified atom stereocenters. The lowest BCUT2D eigenvalue weighted by Crippen LogP contribution is -2.13. The summed E-state index contributed by atoms with van der Waals surface area (Å²) in [5.74, 6) is -0.652. The number of aromatic nitrogens is 1. The summed E-state index contributed by atoms with van der Waals surface area (Å²) in [4.78, 5) is 3.51. The Morgan fingerprint density at radius 2 is 2.10 bits per heavy atom. The van der Waals surface area contributed by atoms with Gasteiger partial charge in [0, 0.05) is 12.3 Å². The third-order valence-corrected chi connectivity index (χ3v) is 4.21. The summed E-state index contributed by atoms with van der Waals surface area (Å²) in [6.07, 6.45) is 1.07. The van der Waals surface area contributed by atoms with Gasteiger partial charge in [0.05, 0.1) is 17.8 Å². The van der Waals surface area contributed by atoms with Gasteiger partial charge in [-0.3, -0.25) is 4.72 Å². The Morgan fingerprint density at radius 3 is 2.71 bits per heavy atom. The molecule has 2 rings (SSSR count). The molecule has 0 atom stereocenters. The lowest BCUT2D eigenvalue weighted by Gasteiger charge is -2.10. The van der Waals surface area contributed by atoms with Crippen LogP contribution in [0.25, 0.3) is 0 Å². The van der Waals surface area contributed by atoms with E-state index < -0.39 is 15.8 Å². The van der Waals surface area contributed by atoms with E-state index in [1.807, 2.05) is 0 Å². The van der Waals surface area contributed by atoms with Crippen LogP contribution in [0.3, 0.4) is 0 Å². The summed E-state index contributed by atoms with van der Waals surface area (Å²) >= 11 is 5.74. The maximum atomic E-state index is 13.3. The highest BCUT2D eigenvalue weighted by molar-refractivity contribution is 7.92. The summed E-state index contributed by atoms with van der Waals surface area (Å²) < 4.78 is 44.7. The fourth-order valence-electron chi connectivity index (χ4n) is 1.52. The van der Waals surface area contributed by atoms with Crippen molar-refractivity contribution in [2.24, 2.45) is 0 Å². The van der Waals surface area contributed by atoms with E-state index in [1.165, 1.54) is 25.3 Å². The minimum absolute atomic E-state index is 0.0227. The number of hydrogen-bond donors (Lipinski definition) is 2. The van der Waals surface area contributed by atoms with Gasteiger partial charge in [0.2, 0.25) is 0 Å². The number of anilines is 2. The molecule has 0 saturated carbocycles. The number of nitrogen functional groups attached to an aromatic ring is 1. The van der Waals surface area contributed by atoms with E-state index in [0.717, 1.165) is 12.3 Å². The lowest BCUT2D eigenvalue weighted by molar-refractivity contribution is 0.387. The molecule has 0 aliphatic rings. The van der Waals surface area contributed by atoms with E-state index in [1.54, 1.807) is 0 Å². The highest BCUT2D eigenvalue weighted by Gasteiger charge is 2.17. The number of rotatable bonds is 4. The second-order valence-corrected chi connectivity index (χ2v) is 6.08. The third-order valence-electron chi connectivity index (χ3n) is 2.56. The Balaban J connectivity index is 2.35. The number of nitrogens with zero attached hydrogens (tertiary/aromatic N) is 1. The van der Waals surface area contributed by atoms with E-state index >= 15 is 0 Å². The summed E-state index contributed by atoms with van der Waals surface area (Å²) in [6, 6.07) is 4.75. The van der Waals surface area contributed by atoms with Gasteiger partial charge in [-0.25, -0.2) is 17.8 Å². The average molecular weight is 332 g/mol. The fraction of sp³-hybridized carbons (Fsp3) is 0.0833. The number of sulfonamides is 1. The van der Waals surface area contributed by atoms with Crippen LogP contribution >= 0.6 is 11.6 Å². The molecule has 0 aliphatic heterocycles. The van der Waals surface area contributed by atoms with E-state index in [4.69, 9.17) is 22.1 Å². The molecule has 0 fully saturated rings. The van der Waals surface area contributed by atoms with E-state index in [2.05, 4.69) is 9.71 Å². The van der Waals surface area contributed by atoms with Gasteiger partial charge in [0.15, 0.2) is 11.6 Å². The van der Waals surface area contributed by atoms with Crippen LogP contribution in [0, 0.1) is 5.82 Å². The predicted molar refractivity (Wildman–Crippen MR) is 77.4 cm³/mol. The van der Waals surface area contributed by atoms with Crippen LogP contribution in [0.15, 0.2) is 35.4 Å². The zero-order valence-corrected chi connectivity index (χ0v) is 12.4. The summed E-state index contributed by atoms with van der Waals surface area (Å²) in [6.45, 7) is 0. The van der Waals surface area contributed by atoms with Gasteiger partial charge in [0.25, 0.3) is 10.0 Å². The summed E-state index contributed by atoms with van der Waals surface area (Å²) in [7, 11) is -2.64. The lowest BCUT2D eigenvalue weighted by atomic mass is 10.3. The number of pyridine rings is 1. The van der Waals surface area contributed by atoms with Crippen molar-refractivity contribution < 1.29 is 17.5 Å². The molecule has 1 aromatic carbocycles. The normalized spacial score (nSPS) is 11.2. The van der Waals surface area contributed by atoms with Crippen LogP contribution < -0.4 is 15.2 Å². The van der Waals surface area contributed by atoms with E-state index in [9.17, 15) is 12.8 Å². The standard InChI is InChI=1S/C12H11ClFN3O3S/c1-20-11-4-7(2-3-10(11)14)17-21(18,19)8-5-9(13)12(15)16-6-8/h2-6,17H,1H3,(H2,15,16). The molecular formula is C12H11ClFN3O3S. The van der Waals surface area contributed by atoms with Gasteiger partial charge in [-0.2, -0.15) is 0 Å². The largest absolute Gasteiger partial charge is 0.494 e. The Morgan fingerprint density at radius 1 is 1.38 bits per heavy atom. The smallest absolute Gasteiger partial charge is 0.263 e. The second-order valence-electron chi connectivity index (χ2n) is 3.99. The van der Waals surface area contributed by atoms with E-state index in [0.29, 0.717) is 0 Å². The van der Waals surface area contributed by atoms with Gasteiger partial charge < -0.3 is 10.5 Å². The maximum absolute atomic E-state index is 13.3. The minimum atomic E-state index is -3.92. The van der Waals surface area contributed by atoms with Crippen LogP contribution in [0.1, 0.15) is 0 Å². The van der Waals surface area contributed by atoms with Crippen molar-refractivity contribution in [3.05, 3.63) is 41.3 Å². The van der Waals surface area contributed by atoms with Crippen molar-refractivity contribution in [2.45, 2.75) is 4.90 Å². The first-order valence-corrected chi connectivity index (χ1v) is 7.47. The number of halogens is 2. The van der Waals surface area contributed by atoms with Gasteiger partial charge in [-0.05, 0) is 18.2 Å². The molecule has 1 aromatic heterocycles. The van der Waals surface area contributed by atoms with Crippen LogP contribution in [0.2, 0.25) is 5.02 Å². The molecular weight excluding hydrogens is 321 g/mol. The molecule has 0 spiro atoms. The Bertz CT molecular complexity index is 783. The molecule has 6 nitrogen and oxygen atoms in total. The number of methoxy groups -OCH3 is 1. The SMILES string of the molecule is COc1cc(NS(=O)(=O)c2cnc(N)c(Cl)c2)ccc1F. The zero-order valence-electron chi connectivity index (χ0n) is 10.8. The van der Waals surface area contributed by atoms with Crippen LogP contribution in [-0.4, -0.2) is 20.5 Å². The van der Waals surface area contributed by atoms with Crippen LogP contribution in [-0.2, 0) is 10.0 Å². The molecule has 0 saturated heterocycles. The van der Waals surface area contributed by atoms with Crippen LogP contribution in [0.4, 0.5) is 15.9 Å². The van der Waals surface area contributed by atoms with Crippen molar-refractivity contribution in [3.63, 3.8) is 0 Å². The Kier molecular flexibility index (Phi) is 4.19. The zero-order chi connectivity index (χ0) is 15.6. The Hall–Kier alpha value is -2.06. The van der Waals surface area contributed by atoms with Gasteiger partial charge in [0.1, 0.15) is 10.7 Å². The molecule has 0 bridgehead atoms. The first kappa shape index (κ1) is 15.3. The minimum Gasteiger partial charge on any atom is -0.494 e. The number of nitrogens with one attached hydrogen (secondary N) is 1. The van der Waals surface area contributed by atoms with Crippen molar-refractivity contribution >= 4 is 33.1 Å². The quantitative estimate of drug-likeness (QED) is 0.896. The summed E-state index contributed by atoms with van der Waals surface area (Å²) in [5, 5.41) is 0.0227.